The van der Waals surface area contributed by atoms with Gasteiger partial charge in [0.2, 0.25) is 0 Å². The fourth-order valence-corrected chi connectivity index (χ4v) is 5.23. The Labute approximate surface area is 177 Å². The highest BCUT2D eigenvalue weighted by atomic mass is 32.1. The zero-order valence-electron chi connectivity index (χ0n) is 18.3. The minimum atomic E-state index is 0.472. The number of rotatable bonds is 5. The lowest BCUT2D eigenvalue weighted by Gasteiger charge is -2.42. The molecular weight excluding hydrogens is 362 g/mol. The lowest BCUT2D eigenvalue weighted by molar-refractivity contribution is 0.108. The third-order valence-corrected chi connectivity index (χ3v) is 6.74. The Morgan fingerprint density at radius 3 is 2.14 bits per heavy atom. The fourth-order valence-electron chi connectivity index (χ4n) is 4.98. The van der Waals surface area contributed by atoms with Crippen LogP contribution in [0.5, 0.6) is 0 Å². The van der Waals surface area contributed by atoms with Gasteiger partial charge in [-0.15, -0.1) is 0 Å². The van der Waals surface area contributed by atoms with E-state index in [1.165, 1.54) is 74.8 Å². The predicted octanol–water partition coefficient (Wildman–Crippen LogP) is 6.02. The average molecular weight is 402 g/mol. The van der Waals surface area contributed by atoms with Gasteiger partial charge in [-0.2, -0.15) is 0 Å². The lowest BCUT2D eigenvalue weighted by Crippen LogP contribution is -2.55. The van der Waals surface area contributed by atoms with Crippen LogP contribution in [0.25, 0.3) is 0 Å². The van der Waals surface area contributed by atoms with Gasteiger partial charge in [0.15, 0.2) is 5.11 Å². The molecule has 1 aliphatic heterocycles. The zero-order chi connectivity index (χ0) is 20.1. The van der Waals surface area contributed by atoms with Crippen LogP contribution in [0.1, 0.15) is 95.6 Å². The van der Waals surface area contributed by atoms with Gasteiger partial charge in [0, 0.05) is 17.8 Å². The maximum absolute atomic E-state index is 5.82. The number of piperidine rings is 1. The first kappa shape index (κ1) is 21.6. The summed E-state index contributed by atoms with van der Waals surface area (Å²) in [5.41, 5.74) is 3.92. The van der Waals surface area contributed by atoms with Gasteiger partial charge < -0.3 is 10.6 Å². The first-order valence-electron chi connectivity index (χ1n) is 11.4. The molecule has 0 aromatic heterocycles. The third-order valence-electron chi connectivity index (χ3n) is 6.52. The van der Waals surface area contributed by atoms with Crippen molar-refractivity contribution in [2.45, 2.75) is 96.6 Å². The molecule has 1 saturated heterocycles. The van der Waals surface area contributed by atoms with E-state index in [4.69, 9.17) is 12.2 Å². The summed E-state index contributed by atoms with van der Waals surface area (Å²) in [6, 6.07) is 7.76. The molecule has 3 nitrogen and oxygen atoms in total. The minimum Gasteiger partial charge on any atom is -0.358 e. The number of hydrogen-bond donors (Lipinski definition) is 2. The number of para-hydroxylation sites is 1. The smallest absolute Gasteiger partial charge is 0.171 e. The van der Waals surface area contributed by atoms with E-state index >= 15 is 0 Å². The Kier molecular flexibility index (Phi) is 7.76. The van der Waals surface area contributed by atoms with Crippen LogP contribution in [0.4, 0.5) is 5.69 Å². The summed E-state index contributed by atoms with van der Waals surface area (Å²) in [6.07, 6.45) is 9.30. The topological polar surface area (TPSA) is 27.3 Å². The standard InChI is InChI=1S/C24H39N3S/c1-17(2)19-11-10-12-20(18(3)4)23(19)26-24(28)25-21-13-6-7-14-22(21)27-15-8-5-9-16-27/h10-12,17-18,21-22H,5-9,13-16H2,1-4H3,(H2,25,26,28)/t21-,22-/m0/s1. The van der Waals surface area contributed by atoms with Crippen molar-refractivity contribution < 1.29 is 0 Å². The van der Waals surface area contributed by atoms with E-state index in [2.05, 4.69) is 61.4 Å². The summed E-state index contributed by atoms with van der Waals surface area (Å²) < 4.78 is 0. The van der Waals surface area contributed by atoms with Crippen molar-refractivity contribution in [3.63, 3.8) is 0 Å². The maximum atomic E-state index is 5.82. The average Bonchev–Trinajstić information content (AvgIpc) is 2.68. The van der Waals surface area contributed by atoms with Crippen LogP contribution in [0.2, 0.25) is 0 Å². The molecule has 4 heteroatoms. The molecule has 2 fully saturated rings. The van der Waals surface area contributed by atoms with Crippen molar-refractivity contribution in [2.75, 3.05) is 18.4 Å². The van der Waals surface area contributed by atoms with E-state index in [-0.39, 0.29) is 0 Å². The van der Waals surface area contributed by atoms with Gasteiger partial charge in [0.25, 0.3) is 0 Å². The van der Waals surface area contributed by atoms with Crippen molar-refractivity contribution in [1.82, 2.24) is 10.2 Å². The summed E-state index contributed by atoms with van der Waals surface area (Å²) in [5.74, 6) is 0.944. The predicted molar refractivity (Wildman–Crippen MR) is 125 cm³/mol. The van der Waals surface area contributed by atoms with Gasteiger partial charge in [0.1, 0.15) is 0 Å². The summed E-state index contributed by atoms with van der Waals surface area (Å²) in [6.45, 7) is 11.6. The number of thiocarbonyl (C=S) groups is 1. The van der Waals surface area contributed by atoms with Crippen molar-refractivity contribution >= 4 is 23.0 Å². The van der Waals surface area contributed by atoms with Crippen molar-refractivity contribution in [3.05, 3.63) is 29.3 Å². The van der Waals surface area contributed by atoms with Gasteiger partial charge in [-0.05, 0) is 74.0 Å². The molecule has 0 spiro atoms. The molecule has 156 valence electrons. The van der Waals surface area contributed by atoms with Crippen LogP contribution in [0, 0.1) is 0 Å². The van der Waals surface area contributed by atoms with E-state index in [1.54, 1.807) is 0 Å². The molecule has 2 N–H and O–H groups in total. The Bertz CT molecular complexity index is 623. The number of likely N-dealkylation sites (tertiary alicyclic amines) is 1. The molecule has 1 aliphatic carbocycles. The molecule has 0 amide bonds. The van der Waals surface area contributed by atoms with E-state index in [9.17, 15) is 0 Å². The van der Waals surface area contributed by atoms with Crippen LogP contribution < -0.4 is 10.6 Å². The molecule has 1 aromatic rings. The Morgan fingerprint density at radius 1 is 0.929 bits per heavy atom. The Balaban J connectivity index is 1.72. The van der Waals surface area contributed by atoms with Gasteiger partial charge in [-0.3, -0.25) is 4.90 Å². The summed E-state index contributed by atoms with van der Waals surface area (Å²) in [7, 11) is 0. The van der Waals surface area contributed by atoms with Gasteiger partial charge in [0.05, 0.1) is 0 Å². The number of benzene rings is 1. The van der Waals surface area contributed by atoms with Crippen LogP contribution in [-0.2, 0) is 0 Å². The van der Waals surface area contributed by atoms with Gasteiger partial charge in [-0.1, -0.05) is 65.2 Å². The summed E-state index contributed by atoms with van der Waals surface area (Å²) in [5, 5.41) is 8.14. The van der Waals surface area contributed by atoms with Gasteiger partial charge >= 0.3 is 0 Å². The molecular formula is C24H39N3S. The summed E-state index contributed by atoms with van der Waals surface area (Å²) in [4.78, 5) is 2.73. The largest absolute Gasteiger partial charge is 0.358 e. The van der Waals surface area contributed by atoms with Crippen LogP contribution >= 0.6 is 12.2 Å². The Hall–Kier alpha value is -1.13. The van der Waals surface area contributed by atoms with E-state index < -0.39 is 0 Å². The second-order valence-corrected chi connectivity index (χ2v) is 9.68. The molecule has 3 rings (SSSR count). The Morgan fingerprint density at radius 2 is 1.54 bits per heavy atom. The van der Waals surface area contributed by atoms with Crippen LogP contribution in [-0.4, -0.2) is 35.2 Å². The van der Waals surface area contributed by atoms with Crippen molar-refractivity contribution in [3.8, 4) is 0 Å². The lowest BCUT2D eigenvalue weighted by atomic mass is 9.88. The van der Waals surface area contributed by atoms with Crippen molar-refractivity contribution in [2.24, 2.45) is 0 Å². The normalized spacial score (nSPS) is 23.8. The molecule has 2 aliphatic rings. The molecule has 1 heterocycles. The third kappa shape index (κ3) is 5.27. The fraction of sp³-hybridized carbons (Fsp3) is 0.708. The molecule has 1 saturated carbocycles. The monoisotopic (exact) mass is 401 g/mol. The quantitative estimate of drug-likeness (QED) is 0.590. The SMILES string of the molecule is CC(C)c1cccc(C(C)C)c1NC(=S)N[C@H]1CCCC[C@@H]1N1CCCCC1. The maximum Gasteiger partial charge on any atom is 0.171 e. The second-order valence-electron chi connectivity index (χ2n) is 9.27. The first-order valence-corrected chi connectivity index (χ1v) is 11.8. The number of hydrogen-bond acceptors (Lipinski definition) is 2. The first-order chi connectivity index (χ1) is 13.5. The minimum absolute atomic E-state index is 0.472. The number of nitrogens with one attached hydrogen (secondary N) is 2. The van der Waals surface area contributed by atoms with Crippen molar-refractivity contribution in [1.29, 1.82) is 0 Å². The van der Waals surface area contributed by atoms with Gasteiger partial charge in [-0.25, -0.2) is 0 Å². The second kappa shape index (κ2) is 10.1. The van der Waals surface area contributed by atoms with Crippen LogP contribution in [0.3, 0.4) is 0 Å². The molecule has 28 heavy (non-hydrogen) atoms. The van der Waals surface area contributed by atoms with E-state index in [0.29, 0.717) is 23.9 Å². The molecule has 1 aromatic carbocycles. The highest BCUT2D eigenvalue weighted by Gasteiger charge is 2.31. The zero-order valence-corrected chi connectivity index (χ0v) is 19.1. The van der Waals surface area contributed by atoms with E-state index in [1.807, 2.05) is 0 Å². The molecule has 0 unspecified atom stereocenters. The molecule has 0 bridgehead atoms. The molecule has 0 radical (unpaired) electrons. The number of anilines is 1. The number of nitrogens with zero attached hydrogens (tertiary/aromatic N) is 1. The van der Waals surface area contributed by atoms with Crippen LogP contribution in [0.15, 0.2) is 18.2 Å². The highest BCUT2D eigenvalue weighted by molar-refractivity contribution is 7.80. The molecule has 2 atom stereocenters. The highest BCUT2D eigenvalue weighted by Crippen LogP contribution is 2.32. The summed E-state index contributed by atoms with van der Waals surface area (Å²) >= 11 is 5.82. The van der Waals surface area contributed by atoms with E-state index in [0.717, 1.165) is 5.11 Å².